The molecule has 0 spiro atoms. The summed E-state index contributed by atoms with van der Waals surface area (Å²) in [6.07, 6.45) is 0.610. The second-order valence-electron chi connectivity index (χ2n) is 7.05. The van der Waals surface area contributed by atoms with Crippen LogP contribution < -0.4 is 9.47 Å². The molecule has 1 saturated carbocycles. The molecular formula is C20H23NO4S. The Morgan fingerprint density at radius 1 is 1.12 bits per heavy atom. The summed E-state index contributed by atoms with van der Waals surface area (Å²) in [6, 6.07) is 11.3. The van der Waals surface area contributed by atoms with Gasteiger partial charge in [-0.1, -0.05) is 18.2 Å². The van der Waals surface area contributed by atoms with E-state index in [0.29, 0.717) is 29.8 Å². The van der Waals surface area contributed by atoms with E-state index in [1.165, 1.54) is 11.3 Å². The van der Waals surface area contributed by atoms with Gasteiger partial charge >= 0.3 is 0 Å². The number of carbonyl (C=O) groups excluding carboxylic acids is 1. The lowest BCUT2D eigenvalue weighted by Gasteiger charge is -2.35. The van der Waals surface area contributed by atoms with Crippen LogP contribution in [0.3, 0.4) is 0 Å². The maximum absolute atomic E-state index is 12.6. The third-order valence-electron chi connectivity index (χ3n) is 5.45. The Morgan fingerprint density at radius 2 is 1.85 bits per heavy atom. The van der Waals surface area contributed by atoms with Gasteiger partial charge in [-0.2, -0.15) is 0 Å². The molecule has 26 heavy (non-hydrogen) atoms. The number of hydrogen-bond donors (Lipinski definition) is 1. The number of hydrogen-bond acceptors (Lipinski definition) is 5. The van der Waals surface area contributed by atoms with E-state index in [4.69, 9.17) is 9.47 Å². The molecule has 4 atom stereocenters. The van der Waals surface area contributed by atoms with Crippen molar-refractivity contribution in [2.75, 3.05) is 20.2 Å². The minimum absolute atomic E-state index is 0.103. The molecular weight excluding hydrogens is 350 g/mol. The van der Waals surface area contributed by atoms with E-state index in [1.54, 1.807) is 7.11 Å². The summed E-state index contributed by atoms with van der Waals surface area (Å²) in [5.41, 5.74) is 0. The molecule has 0 unspecified atom stereocenters. The number of para-hydroxylation sites is 2. The Bertz CT molecular complexity index is 763. The Kier molecular flexibility index (Phi) is 4.87. The van der Waals surface area contributed by atoms with Crippen LogP contribution in [-0.2, 0) is 0 Å². The largest absolute Gasteiger partial charge is 0.493 e. The SMILES string of the molecule is COc1ccccc1O[C@@H]1C[C@@H]2CN(C(=O)c3cccs3)C[C@@H]2C[C@H]1O. The van der Waals surface area contributed by atoms with Crippen LogP contribution in [0.5, 0.6) is 11.5 Å². The summed E-state index contributed by atoms with van der Waals surface area (Å²) in [5.74, 6) is 2.13. The van der Waals surface area contributed by atoms with E-state index in [0.717, 1.165) is 24.4 Å². The van der Waals surface area contributed by atoms with E-state index in [1.807, 2.05) is 46.7 Å². The van der Waals surface area contributed by atoms with Crippen molar-refractivity contribution >= 4 is 17.2 Å². The number of thiophene rings is 1. The van der Waals surface area contributed by atoms with Crippen LogP contribution in [-0.4, -0.2) is 48.3 Å². The number of aliphatic hydroxyl groups is 1. The number of amides is 1. The number of likely N-dealkylation sites (tertiary alicyclic amines) is 1. The number of aliphatic hydroxyl groups excluding tert-OH is 1. The average molecular weight is 373 g/mol. The quantitative estimate of drug-likeness (QED) is 0.895. The zero-order valence-electron chi connectivity index (χ0n) is 14.7. The van der Waals surface area contributed by atoms with Gasteiger partial charge < -0.3 is 19.5 Å². The van der Waals surface area contributed by atoms with Gasteiger partial charge in [-0.15, -0.1) is 11.3 Å². The summed E-state index contributed by atoms with van der Waals surface area (Å²) in [4.78, 5) is 15.3. The van der Waals surface area contributed by atoms with Gasteiger partial charge in [0, 0.05) is 13.1 Å². The van der Waals surface area contributed by atoms with Gasteiger partial charge in [0.05, 0.1) is 18.1 Å². The van der Waals surface area contributed by atoms with Gasteiger partial charge in [-0.25, -0.2) is 0 Å². The van der Waals surface area contributed by atoms with Crippen molar-refractivity contribution < 1.29 is 19.4 Å². The third-order valence-corrected chi connectivity index (χ3v) is 6.31. The Hall–Kier alpha value is -2.05. The Balaban J connectivity index is 1.44. The van der Waals surface area contributed by atoms with Crippen LogP contribution in [0.15, 0.2) is 41.8 Å². The van der Waals surface area contributed by atoms with Crippen molar-refractivity contribution in [1.29, 1.82) is 0 Å². The molecule has 1 N–H and O–H groups in total. The summed E-state index contributed by atoms with van der Waals surface area (Å²) in [7, 11) is 1.61. The van der Waals surface area contributed by atoms with Crippen LogP contribution in [0.2, 0.25) is 0 Å². The molecule has 6 heteroatoms. The van der Waals surface area contributed by atoms with Crippen LogP contribution in [0.25, 0.3) is 0 Å². The normalized spacial score (nSPS) is 27.8. The number of carbonyl (C=O) groups is 1. The maximum atomic E-state index is 12.6. The molecule has 1 aromatic carbocycles. The molecule has 2 aliphatic rings. The van der Waals surface area contributed by atoms with E-state index in [9.17, 15) is 9.90 Å². The molecule has 0 bridgehead atoms. The molecule has 1 aromatic heterocycles. The van der Waals surface area contributed by atoms with Crippen molar-refractivity contribution in [3.8, 4) is 11.5 Å². The van der Waals surface area contributed by atoms with Gasteiger partial charge in [0.25, 0.3) is 5.91 Å². The first-order valence-electron chi connectivity index (χ1n) is 8.96. The zero-order chi connectivity index (χ0) is 18.1. The summed E-state index contributed by atoms with van der Waals surface area (Å²) in [6.45, 7) is 1.46. The number of nitrogens with zero attached hydrogens (tertiary/aromatic N) is 1. The predicted molar refractivity (Wildman–Crippen MR) is 99.9 cm³/mol. The molecule has 1 aliphatic carbocycles. The second kappa shape index (κ2) is 7.29. The molecule has 4 rings (SSSR count). The van der Waals surface area contributed by atoms with Gasteiger partial charge in [-0.05, 0) is 48.3 Å². The van der Waals surface area contributed by atoms with Crippen LogP contribution >= 0.6 is 11.3 Å². The smallest absolute Gasteiger partial charge is 0.263 e. The van der Waals surface area contributed by atoms with Crippen LogP contribution in [0.1, 0.15) is 22.5 Å². The number of rotatable bonds is 4. The summed E-state index contributed by atoms with van der Waals surface area (Å²) in [5, 5.41) is 12.5. The topological polar surface area (TPSA) is 59.0 Å². The highest BCUT2D eigenvalue weighted by atomic mass is 32.1. The van der Waals surface area contributed by atoms with Gasteiger partial charge in [0.2, 0.25) is 0 Å². The van der Waals surface area contributed by atoms with E-state index in [-0.39, 0.29) is 12.0 Å². The fraction of sp³-hybridized carbons (Fsp3) is 0.450. The third kappa shape index (κ3) is 3.31. The standard InChI is InChI=1S/C20H23NO4S/c1-24-16-5-2-3-6-17(16)25-18-10-14-12-21(11-13(14)9-15(18)22)20(23)19-7-4-8-26-19/h2-8,13-15,18,22H,9-12H2,1H3/t13-,14+,15+,18+/m0/s1. The van der Waals surface area contributed by atoms with Crippen molar-refractivity contribution in [1.82, 2.24) is 4.90 Å². The lowest BCUT2D eigenvalue weighted by Crippen LogP contribution is -2.42. The van der Waals surface area contributed by atoms with Gasteiger partial charge in [-0.3, -0.25) is 4.79 Å². The van der Waals surface area contributed by atoms with E-state index >= 15 is 0 Å². The monoisotopic (exact) mass is 373 g/mol. The highest BCUT2D eigenvalue weighted by molar-refractivity contribution is 7.12. The minimum atomic E-state index is -0.530. The number of methoxy groups -OCH3 is 1. The summed E-state index contributed by atoms with van der Waals surface area (Å²) >= 11 is 1.48. The maximum Gasteiger partial charge on any atom is 0.263 e. The van der Waals surface area contributed by atoms with Crippen molar-refractivity contribution in [3.63, 3.8) is 0 Å². The molecule has 0 radical (unpaired) electrons. The Labute approximate surface area is 157 Å². The van der Waals surface area contributed by atoms with E-state index < -0.39 is 6.10 Å². The van der Waals surface area contributed by atoms with Crippen LogP contribution in [0, 0.1) is 11.8 Å². The highest BCUT2D eigenvalue weighted by Crippen LogP contribution is 2.39. The van der Waals surface area contributed by atoms with Gasteiger partial charge in [0.1, 0.15) is 6.10 Å². The first-order valence-corrected chi connectivity index (χ1v) is 9.84. The molecule has 2 aromatic rings. The molecule has 2 heterocycles. The van der Waals surface area contributed by atoms with Crippen molar-refractivity contribution in [2.24, 2.45) is 11.8 Å². The average Bonchev–Trinajstić information content (AvgIpc) is 3.31. The van der Waals surface area contributed by atoms with Gasteiger partial charge in [0.15, 0.2) is 11.5 Å². The first kappa shape index (κ1) is 17.4. The highest BCUT2D eigenvalue weighted by Gasteiger charge is 2.44. The fourth-order valence-corrected chi connectivity index (χ4v) is 4.81. The van der Waals surface area contributed by atoms with E-state index in [2.05, 4.69) is 0 Å². The predicted octanol–water partition coefficient (Wildman–Crippen LogP) is 3.05. The number of ether oxygens (including phenoxy) is 2. The lowest BCUT2D eigenvalue weighted by molar-refractivity contribution is -0.0240. The van der Waals surface area contributed by atoms with Crippen molar-refractivity contribution in [3.05, 3.63) is 46.7 Å². The molecule has 2 fully saturated rings. The number of fused-ring (bicyclic) bond motifs is 1. The Morgan fingerprint density at radius 3 is 2.54 bits per heavy atom. The second-order valence-corrected chi connectivity index (χ2v) is 8.00. The molecule has 1 aliphatic heterocycles. The lowest BCUT2D eigenvalue weighted by atomic mass is 9.78. The molecule has 1 saturated heterocycles. The summed E-state index contributed by atoms with van der Waals surface area (Å²) < 4.78 is 11.4. The molecule has 1 amide bonds. The van der Waals surface area contributed by atoms with Crippen LogP contribution in [0.4, 0.5) is 0 Å². The minimum Gasteiger partial charge on any atom is -0.493 e. The fourth-order valence-electron chi connectivity index (χ4n) is 4.12. The number of benzene rings is 1. The molecule has 138 valence electrons. The molecule has 5 nitrogen and oxygen atoms in total. The zero-order valence-corrected chi connectivity index (χ0v) is 15.5. The van der Waals surface area contributed by atoms with Crippen molar-refractivity contribution in [2.45, 2.75) is 25.0 Å². The first-order chi connectivity index (χ1) is 12.7.